The van der Waals surface area contributed by atoms with Crippen LogP contribution in [-0.4, -0.2) is 0 Å². The lowest BCUT2D eigenvalue weighted by Gasteiger charge is -2.08. The average molecular weight is 363 g/mol. The van der Waals surface area contributed by atoms with Crippen LogP contribution in [0.25, 0.3) is 22.1 Å². The van der Waals surface area contributed by atoms with Gasteiger partial charge in [0.2, 0.25) is 0 Å². The Labute approximate surface area is 155 Å². The lowest BCUT2D eigenvalue weighted by atomic mass is 10.1. The Morgan fingerprint density at radius 2 is 1.69 bits per heavy atom. The van der Waals surface area contributed by atoms with Crippen molar-refractivity contribution in [1.82, 2.24) is 0 Å². The number of hydrogen-bond acceptors (Lipinski definition) is 3. The van der Waals surface area contributed by atoms with Crippen molar-refractivity contribution in [2.45, 2.75) is 6.61 Å². The van der Waals surface area contributed by atoms with Gasteiger partial charge in [-0.05, 0) is 35.4 Å². The zero-order valence-electron chi connectivity index (χ0n) is 13.8. The van der Waals surface area contributed by atoms with Crippen molar-refractivity contribution in [2.24, 2.45) is 0 Å². The maximum absolute atomic E-state index is 12.8. The van der Waals surface area contributed by atoms with Crippen LogP contribution in [0.1, 0.15) is 5.56 Å². The molecule has 0 radical (unpaired) electrons. The Balaban J connectivity index is 1.64. The summed E-state index contributed by atoms with van der Waals surface area (Å²) in [5.74, 6) is 0.656. The molecule has 0 aliphatic heterocycles. The monoisotopic (exact) mass is 362 g/mol. The van der Waals surface area contributed by atoms with Crippen molar-refractivity contribution >= 4 is 22.6 Å². The molecule has 0 N–H and O–H groups in total. The Morgan fingerprint density at radius 1 is 0.923 bits per heavy atom. The second-order valence-electron chi connectivity index (χ2n) is 5.92. The fourth-order valence-electron chi connectivity index (χ4n) is 2.77. The summed E-state index contributed by atoms with van der Waals surface area (Å²) in [4.78, 5) is 12.8. The van der Waals surface area contributed by atoms with Gasteiger partial charge in [-0.15, -0.1) is 0 Å². The first-order valence-corrected chi connectivity index (χ1v) is 8.57. The Morgan fingerprint density at radius 3 is 2.46 bits per heavy atom. The topological polar surface area (TPSA) is 39.4 Å². The lowest BCUT2D eigenvalue weighted by molar-refractivity contribution is 0.306. The fourth-order valence-corrected chi connectivity index (χ4v) is 2.89. The third-order valence-electron chi connectivity index (χ3n) is 4.15. The van der Waals surface area contributed by atoms with Gasteiger partial charge in [0.15, 0.2) is 5.43 Å². The second-order valence-corrected chi connectivity index (χ2v) is 6.35. The number of fused-ring (bicyclic) bond motifs is 1. The summed E-state index contributed by atoms with van der Waals surface area (Å²) in [6.07, 6.45) is 1.48. The molecular weight excluding hydrogens is 348 g/mol. The van der Waals surface area contributed by atoms with Crippen LogP contribution < -0.4 is 10.2 Å². The van der Waals surface area contributed by atoms with E-state index in [0.717, 1.165) is 11.1 Å². The summed E-state index contributed by atoms with van der Waals surface area (Å²) in [7, 11) is 0. The van der Waals surface area contributed by atoms with E-state index in [1.54, 1.807) is 42.5 Å². The van der Waals surface area contributed by atoms with Crippen LogP contribution in [0, 0.1) is 0 Å². The summed E-state index contributed by atoms with van der Waals surface area (Å²) in [5, 5.41) is 1.14. The highest BCUT2D eigenvalue weighted by molar-refractivity contribution is 6.30. The van der Waals surface area contributed by atoms with E-state index >= 15 is 0 Å². The quantitative estimate of drug-likeness (QED) is 0.468. The molecule has 0 bridgehead atoms. The van der Waals surface area contributed by atoms with E-state index in [2.05, 4.69) is 0 Å². The molecule has 0 unspecified atom stereocenters. The van der Waals surface area contributed by atoms with E-state index in [4.69, 9.17) is 20.8 Å². The first kappa shape index (κ1) is 16.4. The minimum absolute atomic E-state index is 0.0804. The minimum atomic E-state index is -0.0804. The molecule has 1 aromatic heterocycles. The highest BCUT2D eigenvalue weighted by Gasteiger charge is 2.10. The van der Waals surface area contributed by atoms with E-state index < -0.39 is 0 Å². The molecule has 0 aliphatic carbocycles. The van der Waals surface area contributed by atoms with E-state index in [1.165, 1.54) is 6.26 Å². The Hall–Kier alpha value is -3.04. The highest BCUT2D eigenvalue weighted by Crippen LogP contribution is 2.24. The van der Waals surface area contributed by atoms with E-state index in [0.29, 0.717) is 33.9 Å². The van der Waals surface area contributed by atoms with Crippen LogP contribution in [0.4, 0.5) is 0 Å². The van der Waals surface area contributed by atoms with E-state index in [9.17, 15) is 4.79 Å². The van der Waals surface area contributed by atoms with Gasteiger partial charge in [-0.2, -0.15) is 0 Å². The van der Waals surface area contributed by atoms with Gasteiger partial charge in [0.25, 0.3) is 0 Å². The van der Waals surface area contributed by atoms with Gasteiger partial charge < -0.3 is 9.15 Å². The van der Waals surface area contributed by atoms with Gasteiger partial charge in [-0.1, -0.05) is 54.1 Å². The third kappa shape index (κ3) is 3.35. The van der Waals surface area contributed by atoms with Crippen molar-refractivity contribution < 1.29 is 9.15 Å². The smallest absolute Gasteiger partial charge is 0.200 e. The van der Waals surface area contributed by atoms with Crippen molar-refractivity contribution in [3.8, 4) is 16.9 Å². The minimum Gasteiger partial charge on any atom is -0.489 e. The largest absolute Gasteiger partial charge is 0.489 e. The summed E-state index contributed by atoms with van der Waals surface area (Å²) >= 11 is 5.91. The molecular formula is C22H15ClO3. The molecule has 0 saturated heterocycles. The van der Waals surface area contributed by atoms with E-state index in [-0.39, 0.29) is 5.43 Å². The average Bonchev–Trinajstić information content (AvgIpc) is 2.68. The predicted molar refractivity (Wildman–Crippen MR) is 104 cm³/mol. The normalized spacial score (nSPS) is 10.8. The molecule has 1 heterocycles. The lowest BCUT2D eigenvalue weighted by Crippen LogP contribution is -2.05. The molecule has 0 saturated carbocycles. The number of halogens is 1. The van der Waals surface area contributed by atoms with Crippen LogP contribution in [0.2, 0.25) is 5.02 Å². The molecule has 3 nitrogen and oxygen atoms in total. The molecule has 26 heavy (non-hydrogen) atoms. The molecule has 0 aliphatic rings. The van der Waals surface area contributed by atoms with Crippen LogP contribution in [0.3, 0.4) is 0 Å². The SMILES string of the molecule is O=c1c(-c2ccc(Cl)cc2)coc2cc(OCc3ccccc3)ccc12. The van der Waals surface area contributed by atoms with Crippen LogP contribution in [-0.2, 0) is 6.61 Å². The first-order valence-electron chi connectivity index (χ1n) is 8.19. The van der Waals surface area contributed by atoms with Gasteiger partial charge in [0, 0.05) is 11.1 Å². The Kier molecular flexibility index (Phi) is 4.46. The zero-order valence-corrected chi connectivity index (χ0v) is 14.6. The van der Waals surface area contributed by atoms with Gasteiger partial charge in [-0.3, -0.25) is 4.79 Å². The van der Waals surface area contributed by atoms with E-state index in [1.807, 2.05) is 30.3 Å². The summed E-state index contributed by atoms with van der Waals surface area (Å²) in [6.45, 7) is 0.458. The number of rotatable bonds is 4. The van der Waals surface area contributed by atoms with Crippen LogP contribution >= 0.6 is 11.6 Å². The van der Waals surface area contributed by atoms with Gasteiger partial charge >= 0.3 is 0 Å². The predicted octanol–water partition coefficient (Wildman–Crippen LogP) is 5.69. The highest BCUT2D eigenvalue weighted by atomic mass is 35.5. The standard InChI is InChI=1S/C22H15ClO3/c23-17-8-6-16(7-9-17)20-14-26-21-12-18(10-11-19(21)22(20)24)25-13-15-4-2-1-3-5-15/h1-12,14H,13H2. The number of ether oxygens (including phenoxy) is 1. The zero-order chi connectivity index (χ0) is 17.9. The maximum atomic E-state index is 12.8. The fraction of sp³-hybridized carbons (Fsp3) is 0.0455. The molecule has 0 atom stereocenters. The van der Waals surface area contributed by atoms with Crippen molar-refractivity contribution in [3.63, 3.8) is 0 Å². The van der Waals surface area contributed by atoms with Crippen molar-refractivity contribution in [3.05, 3.63) is 99.9 Å². The maximum Gasteiger partial charge on any atom is 0.200 e. The van der Waals surface area contributed by atoms with Gasteiger partial charge in [0.05, 0.1) is 10.9 Å². The third-order valence-corrected chi connectivity index (χ3v) is 4.40. The second kappa shape index (κ2) is 7.06. The molecule has 3 aromatic carbocycles. The summed E-state index contributed by atoms with van der Waals surface area (Å²) in [5.41, 5.74) is 2.77. The molecule has 4 rings (SSSR count). The summed E-state index contributed by atoms with van der Waals surface area (Å²) < 4.78 is 11.5. The molecule has 4 aromatic rings. The Bertz CT molecular complexity index is 1100. The first-order chi connectivity index (χ1) is 12.7. The van der Waals surface area contributed by atoms with Crippen LogP contribution in [0.15, 0.2) is 88.3 Å². The number of benzene rings is 3. The molecule has 128 valence electrons. The summed E-state index contributed by atoms with van der Waals surface area (Å²) in [6, 6.07) is 22.3. The van der Waals surface area contributed by atoms with Crippen LogP contribution in [0.5, 0.6) is 5.75 Å². The van der Waals surface area contributed by atoms with Crippen molar-refractivity contribution in [1.29, 1.82) is 0 Å². The molecule has 0 spiro atoms. The van der Waals surface area contributed by atoms with Gasteiger partial charge in [0.1, 0.15) is 24.2 Å². The number of hydrogen-bond donors (Lipinski definition) is 0. The molecule has 4 heteroatoms. The van der Waals surface area contributed by atoms with Crippen molar-refractivity contribution in [2.75, 3.05) is 0 Å². The van der Waals surface area contributed by atoms with Gasteiger partial charge in [-0.25, -0.2) is 0 Å². The molecule has 0 amide bonds. The molecule has 0 fully saturated rings.